The summed E-state index contributed by atoms with van der Waals surface area (Å²) in [6.45, 7) is 0.897. The van der Waals surface area contributed by atoms with Crippen LogP contribution in [-0.2, 0) is 9.59 Å². The molecule has 2 aliphatic rings. The Morgan fingerprint density at radius 3 is 2.44 bits per heavy atom. The van der Waals surface area contributed by atoms with Crippen LogP contribution in [0.1, 0.15) is 49.1 Å². The number of halogens is 4. The summed E-state index contributed by atoms with van der Waals surface area (Å²) in [6.07, 6.45) is -2.91. The van der Waals surface area contributed by atoms with Crippen molar-refractivity contribution >= 4 is 29.2 Å². The van der Waals surface area contributed by atoms with Gasteiger partial charge in [0.25, 0.3) is 0 Å². The molecule has 0 spiro atoms. The highest BCUT2D eigenvalue weighted by Crippen LogP contribution is 2.46. The lowest BCUT2D eigenvalue weighted by molar-refractivity contribution is -0.178. The van der Waals surface area contributed by atoms with Gasteiger partial charge >= 0.3 is 12.1 Å². The maximum atomic E-state index is 13.7. The Hall–Kier alpha value is -2.94. The summed E-state index contributed by atoms with van der Waals surface area (Å²) in [7, 11) is 0. The molecule has 0 aromatic heterocycles. The van der Waals surface area contributed by atoms with Gasteiger partial charge in [-0.2, -0.15) is 13.2 Å². The Morgan fingerprint density at radius 1 is 1.12 bits per heavy atom. The molecule has 182 valence electrons. The number of carbonyl (C=O) groups is 2. The quantitative estimate of drug-likeness (QED) is 0.470. The van der Waals surface area contributed by atoms with Crippen molar-refractivity contribution in [2.45, 2.75) is 44.2 Å². The van der Waals surface area contributed by atoms with Crippen LogP contribution in [0.2, 0.25) is 5.02 Å². The summed E-state index contributed by atoms with van der Waals surface area (Å²) in [5.41, 5.74) is 0.939. The molecule has 0 radical (unpaired) electrons. The molecule has 34 heavy (non-hydrogen) atoms. The second kappa shape index (κ2) is 9.37. The second-order valence-corrected chi connectivity index (χ2v) is 9.10. The molecular formula is C24H23ClF3NO5. The first-order valence-electron chi connectivity index (χ1n) is 10.8. The molecule has 0 bridgehead atoms. The number of amides is 1. The van der Waals surface area contributed by atoms with E-state index in [1.165, 1.54) is 24.3 Å². The molecule has 2 aromatic rings. The molecule has 2 N–H and O–H groups in total. The minimum Gasteiger partial charge on any atom is -0.481 e. The normalized spacial score (nSPS) is 17.7. The molecule has 3 unspecified atom stereocenters. The molecule has 2 aromatic carbocycles. The summed E-state index contributed by atoms with van der Waals surface area (Å²) >= 11 is 6.25. The van der Waals surface area contributed by atoms with Crippen molar-refractivity contribution in [3.05, 3.63) is 52.5 Å². The van der Waals surface area contributed by atoms with Gasteiger partial charge in [-0.15, -0.1) is 0 Å². The first-order valence-corrected chi connectivity index (χ1v) is 11.2. The van der Waals surface area contributed by atoms with E-state index in [4.69, 9.17) is 21.1 Å². The van der Waals surface area contributed by atoms with Gasteiger partial charge in [0.05, 0.1) is 29.0 Å². The van der Waals surface area contributed by atoms with Crippen molar-refractivity contribution in [1.29, 1.82) is 0 Å². The zero-order valence-electron chi connectivity index (χ0n) is 18.2. The van der Waals surface area contributed by atoms with Crippen LogP contribution in [0.4, 0.5) is 18.9 Å². The molecule has 1 aliphatic carbocycles. The zero-order chi connectivity index (χ0) is 24.6. The molecule has 1 heterocycles. The van der Waals surface area contributed by atoms with Gasteiger partial charge in [0, 0.05) is 0 Å². The van der Waals surface area contributed by atoms with Crippen molar-refractivity contribution in [3.8, 4) is 11.5 Å². The monoisotopic (exact) mass is 497 g/mol. The fourth-order valence-corrected chi connectivity index (χ4v) is 4.45. The van der Waals surface area contributed by atoms with Crippen molar-refractivity contribution in [1.82, 2.24) is 0 Å². The van der Waals surface area contributed by atoms with Gasteiger partial charge in [-0.25, -0.2) is 0 Å². The Morgan fingerprint density at radius 2 is 1.79 bits per heavy atom. The number of carbonyl (C=O) groups excluding carboxylic acids is 1. The van der Waals surface area contributed by atoms with Crippen LogP contribution < -0.4 is 14.8 Å². The molecule has 1 fully saturated rings. The van der Waals surface area contributed by atoms with Gasteiger partial charge in [-0.05, 0) is 60.1 Å². The van der Waals surface area contributed by atoms with Crippen LogP contribution in [0.5, 0.6) is 11.5 Å². The molecule has 10 heteroatoms. The second-order valence-electron chi connectivity index (χ2n) is 8.69. The van der Waals surface area contributed by atoms with E-state index >= 15 is 0 Å². The Kier molecular flexibility index (Phi) is 6.66. The van der Waals surface area contributed by atoms with Gasteiger partial charge in [-0.3, -0.25) is 9.59 Å². The van der Waals surface area contributed by atoms with Gasteiger partial charge in [0.2, 0.25) is 12.7 Å². The van der Waals surface area contributed by atoms with Crippen molar-refractivity contribution in [2.75, 3.05) is 12.1 Å². The molecule has 1 amide bonds. The van der Waals surface area contributed by atoms with Crippen molar-refractivity contribution in [2.24, 2.45) is 11.8 Å². The fraction of sp³-hybridized carbons (Fsp3) is 0.417. The number of carboxylic acids is 1. The van der Waals surface area contributed by atoms with E-state index < -0.39 is 29.9 Å². The van der Waals surface area contributed by atoms with Gasteiger partial charge in [-0.1, -0.05) is 30.7 Å². The number of carboxylic acid groups (broad SMARTS) is 1. The van der Waals surface area contributed by atoms with E-state index in [2.05, 4.69) is 5.32 Å². The predicted octanol–water partition coefficient (Wildman–Crippen LogP) is 5.96. The van der Waals surface area contributed by atoms with Gasteiger partial charge in [0.1, 0.15) is 0 Å². The zero-order valence-corrected chi connectivity index (χ0v) is 18.9. The fourth-order valence-electron chi connectivity index (χ4n) is 4.29. The number of aliphatic carboxylic acids is 1. The average Bonchev–Trinajstić information content (AvgIpc) is 3.50. The third kappa shape index (κ3) is 5.24. The maximum absolute atomic E-state index is 13.7. The first kappa shape index (κ1) is 24.2. The van der Waals surface area contributed by atoms with Crippen molar-refractivity contribution in [3.63, 3.8) is 0 Å². The van der Waals surface area contributed by atoms with Crippen LogP contribution in [-0.4, -0.2) is 30.0 Å². The summed E-state index contributed by atoms with van der Waals surface area (Å²) in [5, 5.41) is 12.0. The third-order valence-electron chi connectivity index (χ3n) is 6.32. The lowest BCUT2D eigenvalue weighted by atomic mass is 9.85. The lowest BCUT2D eigenvalue weighted by Gasteiger charge is -2.26. The van der Waals surface area contributed by atoms with Crippen LogP contribution in [0.15, 0.2) is 36.4 Å². The number of rotatable bonds is 8. The Labute approximate surface area is 199 Å². The van der Waals surface area contributed by atoms with Crippen LogP contribution >= 0.6 is 11.6 Å². The number of hydrogen-bond acceptors (Lipinski definition) is 4. The smallest absolute Gasteiger partial charge is 0.392 e. The van der Waals surface area contributed by atoms with E-state index in [0.717, 1.165) is 19.8 Å². The summed E-state index contributed by atoms with van der Waals surface area (Å²) in [4.78, 5) is 24.5. The Balaban J connectivity index is 1.64. The highest BCUT2D eigenvalue weighted by molar-refractivity contribution is 6.33. The number of benzene rings is 2. The topological polar surface area (TPSA) is 84.9 Å². The summed E-state index contributed by atoms with van der Waals surface area (Å²) in [5.74, 6) is -4.79. The SMILES string of the molecule is CC(C(C(=O)Nc1cc(C(CC(=O)O)C2CC2)ccc1Cl)c1ccc2c(c1)OCO2)C(F)(F)F. The van der Waals surface area contributed by atoms with E-state index in [9.17, 15) is 27.9 Å². The van der Waals surface area contributed by atoms with Crippen LogP contribution in [0.25, 0.3) is 0 Å². The van der Waals surface area contributed by atoms with E-state index in [1.54, 1.807) is 12.1 Å². The molecule has 1 aliphatic heterocycles. The molecule has 0 saturated heterocycles. The summed E-state index contributed by atoms with van der Waals surface area (Å²) in [6, 6.07) is 9.03. The average molecular weight is 498 g/mol. The van der Waals surface area contributed by atoms with Gasteiger partial charge < -0.3 is 19.9 Å². The molecule has 1 saturated carbocycles. The highest BCUT2D eigenvalue weighted by atomic mass is 35.5. The molecule has 4 rings (SSSR count). The maximum Gasteiger partial charge on any atom is 0.392 e. The number of fused-ring (bicyclic) bond motifs is 1. The van der Waals surface area contributed by atoms with Crippen molar-refractivity contribution < 1.29 is 37.3 Å². The van der Waals surface area contributed by atoms with E-state index in [0.29, 0.717) is 11.3 Å². The predicted molar refractivity (Wildman–Crippen MR) is 118 cm³/mol. The minimum absolute atomic E-state index is 0.0502. The lowest BCUT2D eigenvalue weighted by Crippen LogP contribution is -2.34. The number of alkyl halides is 3. The van der Waals surface area contributed by atoms with Gasteiger partial charge in [0.15, 0.2) is 11.5 Å². The molecular weight excluding hydrogens is 475 g/mol. The first-order chi connectivity index (χ1) is 16.0. The number of nitrogens with one attached hydrogen (secondary N) is 1. The minimum atomic E-state index is -4.64. The largest absolute Gasteiger partial charge is 0.481 e. The number of hydrogen-bond donors (Lipinski definition) is 2. The Bertz CT molecular complexity index is 1100. The highest BCUT2D eigenvalue weighted by Gasteiger charge is 2.45. The number of anilines is 1. The van der Waals surface area contributed by atoms with Crippen LogP contribution in [0, 0.1) is 11.8 Å². The standard InChI is InChI=1S/C24H23ClF3NO5/c1-12(24(26,27)28)22(15-5-7-19-20(9-15)34-11-33-19)23(32)29-18-8-14(4-6-17(18)25)16(10-21(30)31)13-2-3-13/h4-9,12-13,16,22H,2-3,10-11H2,1H3,(H,29,32)(H,30,31). The number of ether oxygens (including phenoxy) is 2. The van der Waals surface area contributed by atoms with E-state index in [1.807, 2.05) is 0 Å². The molecule has 3 atom stereocenters. The third-order valence-corrected chi connectivity index (χ3v) is 6.65. The van der Waals surface area contributed by atoms with Crippen LogP contribution in [0.3, 0.4) is 0 Å². The van der Waals surface area contributed by atoms with E-state index in [-0.39, 0.29) is 47.1 Å². The summed E-state index contributed by atoms with van der Waals surface area (Å²) < 4.78 is 51.6. The molecule has 6 nitrogen and oxygen atoms in total.